The van der Waals surface area contributed by atoms with Crippen LogP contribution in [0.1, 0.15) is 37.8 Å². The summed E-state index contributed by atoms with van der Waals surface area (Å²) in [5.41, 5.74) is 5.36. The van der Waals surface area contributed by atoms with Gasteiger partial charge in [-0.3, -0.25) is 9.89 Å². The van der Waals surface area contributed by atoms with Crippen molar-refractivity contribution in [3.63, 3.8) is 0 Å². The molecule has 0 aliphatic heterocycles. The fourth-order valence-electron chi connectivity index (χ4n) is 1.38. The van der Waals surface area contributed by atoms with Crippen LogP contribution in [0.25, 0.3) is 0 Å². The Morgan fingerprint density at radius 1 is 1.56 bits per heavy atom. The standard InChI is InChI=1S/C10H19N5O/c1-4-7(3)6-15(5-2)9(16)8-12-10(11)14-13-8/h7H,4-6H2,1-3H3,(H3,11,12,13,14). The second-order valence-electron chi connectivity index (χ2n) is 3.90. The Balaban J connectivity index is 2.69. The van der Waals surface area contributed by atoms with E-state index in [4.69, 9.17) is 5.73 Å². The highest BCUT2D eigenvalue weighted by molar-refractivity contribution is 5.90. The van der Waals surface area contributed by atoms with Crippen LogP contribution < -0.4 is 5.73 Å². The van der Waals surface area contributed by atoms with Gasteiger partial charge in [0.05, 0.1) is 0 Å². The van der Waals surface area contributed by atoms with Crippen LogP contribution in [0.5, 0.6) is 0 Å². The maximum absolute atomic E-state index is 12.0. The zero-order chi connectivity index (χ0) is 12.1. The number of carbonyl (C=O) groups excluding carboxylic acids is 1. The van der Waals surface area contributed by atoms with Crippen LogP contribution in [0.2, 0.25) is 0 Å². The predicted molar refractivity (Wildman–Crippen MR) is 61.8 cm³/mol. The third kappa shape index (κ3) is 2.95. The summed E-state index contributed by atoms with van der Waals surface area (Å²) in [5.74, 6) is 0.641. The van der Waals surface area contributed by atoms with Gasteiger partial charge in [-0.25, -0.2) is 0 Å². The average molecular weight is 225 g/mol. The molecule has 16 heavy (non-hydrogen) atoms. The maximum atomic E-state index is 12.0. The van der Waals surface area contributed by atoms with Gasteiger partial charge in [-0.15, -0.1) is 5.10 Å². The Morgan fingerprint density at radius 3 is 2.69 bits per heavy atom. The molecule has 0 saturated carbocycles. The number of hydrogen-bond acceptors (Lipinski definition) is 4. The normalized spacial score (nSPS) is 12.4. The van der Waals surface area contributed by atoms with E-state index in [0.717, 1.165) is 13.0 Å². The number of nitrogens with one attached hydrogen (secondary N) is 1. The van der Waals surface area contributed by atoms with E-state index in [1.54, 1.807) is 4.90 Å². The number of nitrogens with zero attached hydrogens (tertiary/aromatic N) is 3. The van der Waals surface area contributed by atoms with Gasteiger partial charge in [0, 0.05) is 13.1 Å². The molecule has 0 aliphatic rings. The van der Waals surface area contributed by atoms with Crippen molar-refractivity contribution in [2.24, 2.45) is 5.92 Å². The first-order valence-corrected chi connectivity index (χ1v) is 5.55. The number of hydrogen-bond donors (Lipinski definition) is 2. The van der Waals surface area contributed by atoms with Crippen molar-refractivity contribution in [1.82, 2.24) is 20.1 Å². The molecule has 1 atom stereocenters. The molecule has 1 rings (SSSR count). The lowest BCUT2D eigenvalue weighted by Gasteiger charge is -2.22. The van der Waals surface area contributed by atoms with Crippen molar-refractivity contribution in [2.45, 2.75) is 27.2 Å². The van der Waals surface area contributed by atoms with Gasteiger partial charge in [-0.2, -0.15) is 4.98 Å². The summed E-state index contributed by atoms with van der Waals surface area (Å²) in [4.78, 5) is 17.6. The first-order chi connectivity index (χ1) is 7.58. The number of anilines is 1. The van der Waals surface area contributed by atoms with Crippen LogP contribution in [0, 0.1) is 5.92 Å². The molecule has 1 aromatic rings. The summed E-state index contributed by atoms with van der Waals surface area (Å²) in [6.45, 7) is 7.55. The zero-order valence-corrected chi connectivity index (χ0v) is 10.0. The van der Waals surface area contributed by atoms with E-state index in [-0.39, 0.29) is 17.7 Å². The number of H-pyrrole nitrogens is 1. The van der Waals surface area contributed by atoms with Crippen LogP contribution in [-0.4, -0.2) is 39.1 Å². The van der Waals surface area contributed by atoms with E-state index in [9.17, 15) is 4.79 Å². The van der Waals surface area contributed by atoms with Crippen molar-refractivity contribution < 1.29 is 4.79 Å². The summed E-state index contributed by atoms with van der Waals surface area (Å²) in [6, 6.07) is 0. The highest BCUT2D eigenvalue weighted by Gasteiger charge is 2.19. The van der Waals surface area contributed by atoms with Crippen LogP contribution in [0.4, 0.5) is 5.95 Å². The Labute approximate surface area is 95.2 Å². The molecule has 0 fully saturated rings. The third-order valence-electron chi connectivity index (χ3n) is 2.60. The van der Waals surface area contributed by atoms with Crippen molar-refractivity contribution in [3.05, 3.63) is 5.82 Å². The van der Waals surface area contributed by atoms with Crippen LogP contribution in [0.15, 0.2) is 0 Å². The van der Waals surface area contributed by atoms with Gasteiger partial charge in [0.25, 0.3) is 5.91 Å². The van der Waals surface area contributed by atoms with Gasteiger partial charge in [0.1, 0.15) is 0 Å². The summed E-state index contributed by atoms with van der Waals surface area (Å²) < 4.78 is 0. The first kappa shape index (κ1) is 12.5. The van der Waals surface area contributed by atoms with Crippen molar-refractivity contribution >= 4 is 11.9 Å². The average Bonchev–Trinajstić information content (AvgIpc) is 2.71. The minimum atomic E-state index is -0.146. The quantitative estimate of drug-likeness (QED) is 0.779. The molecule has 3 N–H and O–H groups in total. The Morgan fingerprint density at radius 2 is 2.25 bits per heavy atom. The highest BCUT2D eigenvalue weighted by Crippen LogP contribution is 2.07. The molecule has 0 saturated heterocycles. The van der Waals surface area contributed by atoms with Crippen LogP contribution in [-0.2, 0) is 0 Å². The van der Waals surface area contributed by atoms with E-state index >= 15 is 0 Å². The van der Waals surface area contributed by atoms with Crippen LogP contribution >= 0.6 is 0 Å². The van der Waals surface area contributed by atoms with Gasteiger partial charge >= 0.3 is 0 Å². The smallest absolute Gasteiger partial charge is 0.291 e. The summed E-state index contributed by atoms with van der Waals surface area (Å²) >= 11 is 0. The lowest BCUT2D eigenvalue weighted by atomic mass is 10.1. The van der Waals surface area contributed by atoms with Gasteiger partial charge < -0.3 is 10.6 Å². The first-order valence-electron chi connectivity index (χ1n) is 5.55. The lowest BCUT2D eigenvalue weighted by molar-refractivity contribution is 0.0729. The highest BCUT2D eigenvalue weighted by atomic mass is 16.2. The summed E-state index contributed by atoms with van der Waals surface area (Å²) in [7, 11) is 0. The number of rotatable bonds is 5. The number of nitrogen functional groups attached to an aromatic ring is 1. The molecule has 0 bridgehead atoms. The number of amides is 1. The number of aromatic amines is 1. The number of carbonyl (C=O) groups is 1. The van der Waals surface area contributed by atoms with E-state index in [1.807, 2.05) is 6.92 Å². The monoisotopic (exact) mass is 225 g/mol. The van der Waals surface area contributed by atoms with Crippen molar-refractivity contribution in [3.8, 4) is 0 Å². The predicted octanol–water partition coefficient (Wildman–Crippen LogP) is 0.895. The Hall–Kier alpha value is -1.59. The Kier molecular flexibility index (Phi) is 4.28. The van der Waals surface area contributed by atoms with Gasteiger partial charge in [-0.1, -0.05) is 20.3 Å². The van der Waals surface area contributed by atoms with E-state index in [1.165, 1.54) is 0 Å². The van der Waals surface area contributed by atoms with Crippen molar-refractivity contribution in [1.29, 1.82) is 0 Å². The molecule has 1 unspecified atom stereocenters. The molecule has 1 heterocycles. The molecule has 0 aliphatic carbocycles. The molecule has 6 nitrogen and oxygen atoms in total. The lowest BCUT2D eigenvalue weighted by Crippen LogP contribution is -2.35. The fraction of sp³-hybridized carbons (Fsp3) is 0.700. The molecular weight excluding hydrogens is 206 g/mol. The van der Waals surface area contributed by atoms with Crippen molar-refractivity contribution in [2.75, 3.05) is 18.8 Å². The van der Waals surface area contributed by atoms with E-state index in [0.29, 0.717) is 12.5 Å². The molecule has 0 spiro atoms. The molecule has 6 heteroatoms. The second-order valence-corrected chi connectivity index (χ2v) is 3.90. The maximum Gasteiger partial charge on any atom is 0.291 e. The summed E-state index contributed by atoms with van der Waals surface area (Å²) in [6.07, 6.45) is 1.04. The largest absolute Gasteiger partial charge is 0.366 e. The molecule has 1 aromatic heterocycles. The third-order valence-corrected chi connectivity index (χ3v) is 2.60. The molecule has 1 amide bonds. The zero-order valence-electron chi connectivity index (χ0n) is 10.0. The number of nitrogens with two attached hydrogens (primary N) is 1. The number of aromatic nitrogens is 3. The minimum absolute atomic E-state index is 0.0999. The summed E-state index contributed by atoms with van der Waals surface area (Å²) in [5, 5.41) is 6.18. The SMILES string of the molecule is CCC(C)CN(CC)C(=O)c1nc(N)n[nH]1. The molecule has 90 valence electrons. The second kappa shape index (κ2) is 5.48. The van der Waals surface area contributed by atoms with Gasteiger partial charge in [-0.05, 0) is 12.8 Å². The fourth-order valence-corrected chi connectivity index (χ4v) is 1.38. The topological polar surface area (TPSA) is 87.9 Å². The van der Waals surface area contributed by atoms with Gasteiger partial charge in [0.15, 0.2) is 0 Å². The molecule has 0 aromatic carbocycles. The van der Waals surface area contributed by atoms with Gasteiger partial charge in [0.2, 0.25) is 11.8 Å². The molecule has 0 radical (unpaired) electrons. The van der Waals surface area contributed by atoms with E-state index in [2.05, 4.69) is 29.0 Å². The Bertz CT molecular complexity index is 349. The van der Waals surface area contributed by atoms with Crippen LogP contribution in [0.3, 0.4) is 0 Å². The minimum Gasteiger partial charge on any atom is -0.366 e. The van der Waals surface area contributed by atoms with E-state index < -0.39 is 0 Å². The molecular formula is C10H19N5O.